The number of aryl methyl sites for hydroxylation is 1. The third-order valence-corrected chi connectivity index (χ3v) is 2.11. The third kappa shape index (κ3) is 2.57. The summed E-state index contributed by atoms with van der Waals surface area (Å²) < 4.78 is 1.82. The van der Waals surface area contributed by atoms with Gasteiger partial charge >= 0.3 is 0 Å². The highest BCUT2D eigenvalue weighted by atomic mass is 16.3. The second-order valence-corrected chi connectivity index (χ2v) is 3.15. The molecule has 1 aromatic carbocycles. The van der Waals surface area contributed by atoms with E-state index in [1.165, 1.54) is 5.56 Å². The molecule has 0 radical (unpaired) electrons. The number of aliphatic hydroxyl groups is 1. The van der Waals surface area contributed by atoms with Gasteiger partial charge < -0.3 is 5.11 Å². The lowest BCUT2D eigenvalue weighted by Gasteiger charge is -2.00. The van der Waals surface area contributed by atoms with Gasteiger partial charge in [-0.2, -0.15) is 5.10 Å². The number of hydrogen-bond donors (Lipinski definition) is 1. The van der Waals surface area contributed by atoms with E-state index in [1.807, 2.05) is 30.8 Å². The van der Waals surface area contributed by atoms with E-state index in [1.54, 1.807) is 0 Å². The van der Waals surface area contributed by atoms with E-state index in [-0.39, 0.29) is 6.61 Å². The molecule has 0 aliphatic heterocycles. The normalized spacial score (nSPS) is 9.87. The molecule has 15 heavy (non-hydrogen) atoms. The number of rotatable bonds is 2. The van der Waals surface area contributed by atoms with Gasteiger partial charge in [-0.05, 0) is 18.6 Å². The highest BCUT2D eigenvalue weighted by Gasteiger charge is 2.00. The summed E-state index contributed by atoms with van der Waals surface area (Å²) in [5.74, 6) is 0. The van der Waals surface area contributed by atoms with Crippen molar-refractivity contribution in [3.05, 3.63) is 30.0 Å². The summed E-state index contributed by atoms with van der Waals surface area (Å²) >= 11 is 0. The van der Waals surface area contributed by atoms with Crippen LogP contribution in [0.2, 0.25) is 0 Å². The van der Waals surface area contributed by atoms with E-state index in [9.17, 15) is 0 Å². The van der Waals surface area contributed by atoms with Gasteiger partial charge in [-0.3, -0.25) is 4.68 Å². The second-order valence-electron chi connectivity index (χ2n) is 3.15. The van der Waals surface area contributed by atoms with Crippen molar-refractivity contribution in [1.29, 1.82) is 0 Å². The van der Waals surface area contributed by atoms with Gasteiger partial charge in [0.05, 0.1) is 24.9 Å². The van der Waals surface area contributed by atoms with Gasteiger partial charge in [0.2, 0.25) is 0 Å². The fraction of sp³-hybridized carbons (Fsp3) is 0.417. The molecular formula is C12H18N2O. The minimum atomic E-state index is 0.130. The SMILES string of the molecule is CC.Cc1ccc2cnn(CCO)c2c1. The Balaban J connectivity index is 0.000000531. The van der Waals surface area contributed by atoms with Gasteiger partial charge in [0.15, 0.2) is 0 Å². The number of aliphatic hydroxyl groups excluding tert-OH is 1. The molecule has 0 atom stereocenters. The number of hydrogen-bond acceptors (Lipinski definition) is 2. The lowest BCUT2D eigenvalue weighted by molar-refractivity contribution is 0.271. The Labute approximate surface area is 90.3 Å². The smallest absolute Gasteiger partial charge is 0.0686 e. The summed E-state index contributed by atoms with van der Waals surface area (Å²) in [7, 11) is 0. The first kappa shape index (κ1) is 11.7. The Morgan fingerprint density at radius 2 is 2.07 bits per heavy atom. The first-order valence-electron chi connectivity index (χ1n) is 5.34. The van der Waals surface area contributed by atoms with Crippen molar-refractivity contribution in [2.75, 3.05) is 6.61 Å². The van der Waals surface area contributed by atoms with E-state index < -0.39 is 0 Å². The van der Waals surface area contributed by atoms with Crippen LogP contribution in [0, 0.1) is 6.92 Å². The maximum Gasteiger partial charge on any atom is 0.0686 e. The molecule has 0 saturated carbocycles. The van der Waals surface area contributed by atoms with Crippen LogP contribution in [0.3, 0.4) is 0 Å². The zero-order valence-corrected chi connectivity index (χ0v) is 9.57. The van der Waals surface area contributed by atoms with Crippen molar-refractivity contribution in [2.24, 2.45) is 0 Å². The van der Waals surface area contributed by atoms with Crippen molar-refractivity contribution in [3.63, 3.8) is 0 Å². The Bertz CT molecular complexity index is 420. The largest absolute Gasteiger partial charge is 0.394 e. The van der Waals surface area contributed by atoms with Gasteiger partial charge in [0.1, 0.15) is 0 Å². The van der Waals surface area contributed by atoms with Crippen molar-refractivity contribution in [3.8, 4) is 0 Å². The first-order chi connectivity index (χ1) is 7.31. The molecule has 0 unspecified atom stereocenters. The minimum absolute atomic E-state index is 0.130. The molecule has 1 heterocycles. The van der Waals surface area contributed by atoms with Gasteiger partial charge in [0, 0.05) is 5.39 Å². The molecule has 0 aliphatic carbocycles. The van der Waals surface area contributed by atoms with Crippen molar-refractivity contribution >= 4 is 10.9 Å². The molecule has 3 heteroatoms. The molecule has 2 aromatic rings. The third-order valence-electron chi connectivity index (χ3n) is 2.11. The monoisotopic (exact) mass is 206 g/mol. The van der Waals surface area contributed by atoms with E-state index in [0.717, 1.165) is 10.9 Å². The highest BCUT2D eigenvalue weighted by Crippen LogP contribution is 2.14. The molecule has 0 spiro atoms. The Morgan fingerprint density at radius 1 is 1.33 bits per heavy atom. The predicted octanol–water partition coefficient (Wildman–Crippen LogP) is 2.36. The van der Waals surface area contributed by atoms with E-state index in [0.29, 0.717) is 6.54 Å². The molecule has 0 saturated heterocycles. The lowest BCUT2D eigenvalue weighted by atomic mass is 10.2. The van der Waals surface area contributed by atoms with Crippen LogP contribution in [0.1, 0.15) is 19.4 Å². The number of aromatic nitrogens is 2. The van der Waals surface area contributed by atoms with Crippen LogP contribution in [0.5, 0.6) is 0 Å². The highest BCUT2D eigenvalue weighted by molar-refractivity contribution is 5.79. The average molecular weight is 206 g/mol. The van der Waals surface area contributed by atoms with E-state index in [2.05, 4.69) is 24.2 Å². The maximum absolute atomic E-state index is 8.81. The molecule has 3 nitrogen and oxygen atoms in total. The summed E-state index contributed by atoms with van der Waals surface area (Å²) in [5, 5.41) is 14.1. The molecule has 0 aliphatic rings. The summed E-state index contributed by atoms with van der Waals surface area (Å²) in [4.78, 5) is 0. The van der Waals surface area contributed by atoms with Crippen LogP contribution in [-0.4, -0.2) is 21.5 Å². The lowest BCUT2D eigenvalue weighted by Crippen LogP contribution is -2.03. The zero-order valence-electron chi connectivity index (χ0n) is 9.57. The van der Waals surface area contributed by atoms with Crippen molar-refractivity contribution in [1.82, 2.24) is 9.78 Å². The second kappa shape index (κ2) is 5.51. The van der Waals surface area contributed by atoms with Crippen LogP contribution in [0.4, 0.5) is 0 Å². The number of fused-ring (bicyclic) bond motifs is 1. The molecule has 1 aromatic heterocycles. The average Bonchev–Trinajstić information content (AvgIpc) is 2.65. The fourth-order valence-corrected chi connectivity index (χ4v) is 1.45. The van der Waals surface area contributed by atoms with Crippen LogP contribution in [0.25, 0.3) is 10.9 Å². The number of nitrogens with zero attached hydrogens (tertiary/aromatic N) is 2. The van der Waals surface area contributed by atoms with Crippen molar-refractivity contribution in [2.45, 2.75) is 27.3 Å². The van der Waals surface area contributed by atoms with E-state index in [4.69, 9.17) is 5.11 Å². The molecular weight excluding hydrogens is 188 g/mol. The quantitative estimate of drug-likeness (QED) is 0.819. The van der Waals surface area contributed by atoms with Gasteiger partial charge in [-0.15, -0.1) is 0 Å². The first-order valence-corrected chi connectivity index (χ1v) is 5.34. The Morgan fingerprint density at radius 3 is 2.73 bits per heavy atom. The maximum atomic E-state index is 8.81. The topological polar surface area (TPSA) is 38.0 Å². The van der Waals surface area contributed by atoms with Gasteiger partial charge in [-0.1, -0.05) is 26.0 Å². The standard InChI is InChI=1S/C10H12N2O.C2H6/c1-8-2-3-9-7-11-12(4-5-13)10(9)6-8;1-2/h2-3,6-7,13H,4-5H2,1H3;1-2H3. The summed E-state index contributed by atoms with van der Waals surface area (Å²) in [5.41, 5.74) is 2.31. The molecule has 2 rings (SSSR count). The van der Waals surface area contributed by atoms with E-state index >= 15 is 0 Å². The molecule has 0 bridgehead atoms. The van der Waals surface area contributed by atoms with Crippen LogP contribution in [-0.2, 0) is 6.54 Å². The van der Waals surface area contributed by atoms with Crippen LogP contribution < -0.4 is 0 Å². The van der Waals surface area contributed by atoms with Crippen LogP contribution in [0.15, 0.2) is 24.4 Å². The zero-order chi connectivity index (χ0) is 11.3. The summed E-state index contributed by atoms with van der Waals surface area (Å²) in [6, 6.07) is 6.19. The number of benzene rings is 1. The van der Waals surface area contributed by atoms with Gasteiger partial charge in [-0.25, -0.2) is 0 Å². The summed E-state index contributed by atoms with van der Waals surface area (Å²) in [6.07, 6.45) is 1.82. The Kier molecular flexibility index (Phi) is 4.31. The fourth-order valence-electron chi connectivity index (χ4n) is 1.45. The molecule has 82 valence electrons. The molecule has 1 N–H and O–H groups in total. The predicted molar refractivity (Wildman–Crippen MR) is 62.9 cm³/mol. The molecule has 0 amide bonds. The minimum Gasteiger partial charge on any atom is -0.394 e. The van der Waals surface area contributed by atoms with Gasteiger partial charge in [0.25, 0.3) is 0 Å². The molecule has 0 fully saturated rings. The summed E-state index contributed by atoms with van der Waals surface area (Å²) in [6.45, 7) is 6.74. The Hall–Kier alpha value is -1.35. The van der Waals surface area contributed by atoms with Crippen molar-refractivity contribution < 1.29 is 5.11 Å². The van der Waals surface area contributed by atoms with Crippen LogP contribution >= 0.6 is 0 Å².